The molecule has 3 aromatic rings. The summed E-state index contributed by atoms with van der Waals surface area (Å²) in [5.41, 5.74) is 1.77. The number of aromatic amines is 1. The highest BCUT2D eigenvalue weighted by Gasteiger charge is 2.21. The van der Waals surface area contributed by atoms with Crippen molar-refractivity contribution >= 4 is 27.5 Å². The van der Waals surface area contributed by atoms with Gasteiger partial charge in [0.15, 0.2) is 0 Å². The lowest BCUT2D eigenvalue weighted by atomic mass is 10.2. The largest absolute Gasteiger partial charge is 0.435 e. The number of amides is 1. The monoisotopic (exact) mass is 419 g/mol. The second-order valence-electron chi connectivity index (χ2n) is 6.85. The summed E-state index contributed by atoms with van der Waals surface area (Å²) in [6, 6.07) is 6.08. The molecule has 0 spiro atoms. The standard InChI is InChI=1S/C20H19F2N3O3S/c21-20(22)28-12-6-4-11(5-7-12)10-23-16(26)9-8-15-24-18(27)17-13-2-1-3-14(13)29-19(17)25-15/h4-7,20H,1-3,8-10H2,(H,23,26)(H,24,25,27). The molecule has 0 radical (unpaired) electrons. The van der Waals surface area contributed by atoms with Crippen LogP contribution in [0, 0.1) is 0 Å². The first kappa shape index (κ1) is 19.5. The van der Waals surface area contributed by atoms with Gasteiger partial charge in [-0.2, -0.15) is 8.78 Å². The van der Waals surface area contributed by atoms with Crippen LogP contribution < -0.4 is 15.6 Å². The summed E-state index contributed by atoms with van der Waals surface area (Å²) in [6.07, 6.45) is 3.53. The van der Waals surface area contributed by atoms with Crippen molar-refractivity contribution in [3.8, 4) is 5.75 Å². The van der Waals surface area contributed by atoms with Crippen molar-refractivity contribution in [2.45, 2.75) is 45.3 Å². The fraction of sp³-hybridized carbons (Fsp3) is 0.350. The summed E-state index contributed by atoms with van der Waals surface area (Å²) >= 11 is 1.57. The van der Waals surface area contributed by atoms with Crippen LogP contribution in [0.1, 0.15) is 34.7 Å². The van der Waals surface area contributed by atoms with E-state index in [4.69, 9.17) is 0 Å². The molecule has 29 heavy (non-hydrogen) atoms. The van der Waals surface area contributed by atoms with E-state index < -0.39 is 6.61 Å². The van der Waals surface area contributed by atoms with E-state index in [1.54, 1.807) is 23.5 Å². The van der Waals surface area contributed by atoms with Crippen LogP contribution in [-0.2, 0) is 30.6 Å². The number of carbonyl (C=O) groups excluding carboxylic acids is 1. The van der Waals surface area contributed by atoms with Crippen molar-refractivity contribution < 1.29 is 18.3 Å². The van der Waals surface area contributed by atoms with E-state index in [0.29, 0.717) is 17.6 Å². The number of hydrogen-bond donors (Lipinski definition) is 2. The van der Waals surface area contributed by atoms with Crippen molar-refractivity contribution in [1.29, 1.82) is 0 Å². The maximum atomic E-state index is 12.4. The Labute approximate surface area is 168 Å². The number of alkyl halides is 2. The molecule has 0 saturated carbocycles. The Morgan fingerprint density at radius 1 is 1.28 bits per heavy atom. The quantitative estimate of drug-likeness (QED) is 0.615. The van der Waals surface area contributed by atoms with Gasteiger partial charge in [-0.1, -0.05) is 12.1 Å². The third-order valence-electron chi connectivity index (χ3n) is 4.85. The van der Waals surface area contributed by atoms with Crippen LogP contribution in [0.25, 0.3) is 10.2 Å². The van der Waals surface area contributed by atoms with Gasteiger partial charge in [0.1, 0.15) is 16.4 Å². The molecule has 2 aromatic heterocycles. The lowest BCUT2D eigenvalue weighted by Gasteiger charge is -2.07. The smallest absolute Gasteiger partial charge is 0.387 e. The summed E-state index contributed by atoms with van der Waals surface area (Å²) in [6.45, 7) is -2.59. The fourth-order valence-corrected chi connectivity index (χ4v) is 4.76. The van der Waals surface area contributed by atoms with E-state index in [2.05, 4.69) is 20.0 Å². The Morgan fingerprint density at radius 2 is 2.07 bits per heavy atom. The summed E-state index contributed by atoms with van der Waals surface area (Å²) < 4.78 is 28.6. The van der Waals surface area contributed by atoms with Crippen LogP contribution in [0.3, 0.4) is 0 Å². The minimum absolute atomic E-state index is 0.0695. The zero-order valence-electron chi connectivity index (χ0n) is 15.5. The first-order chi connectivity index (χ1) is 14.0. The van der Waals surface area contributed by atoms with Gasteiger partial charge in [-0.25, -0.2) is 4.98 Å². The van der Waals surface area contributed by atoms with Gasteiger partial charge < -0.3 is 15.0 Å². The number of halogens is 2. The number of aryl methyl sites for hydroxylation is 3. The first-order valence-corrected chi connectivity index (χ1v) is 10.1. The molecule has 0 saturated heterocycles. The predicted molar refractivity (Wildman–Crippen MR) is 106 cm³/mol. The average molecular weight is 419 g/mol. The Kier molecular flexibility index (Phi) is 5.57. The molecule has 1 aromatic carbocycles. The molecule has 1 aliphatic rings. The number of fused-ring (bicyclic) bond motifs is 3. The molecule has 0 bridgehead atoms. The van der Waals surface area contributed by atoms with Crippen LogP contribution in [0.5, 0.6) is 5.75 Å². The Bertz CT molecular complexity index is 1090. The number of rotatable bonds is 7. The molecule has 9 heteroatoms. The lowest BCUT2D eigenvalue weighted by molar-refractivity contribution is -0.121. The number of carbonyl (C=O) groups is 1. The second-order valence-corrected chi connectivity index (χ2v) is 7.93. The number of nitrogens with one attached hydrogen (secondary N) is 2. The van der Waals surface area contributed by atoms with Gasteiger partial charge in [-0.05, 0) is 42.5 Å². The highest BCUT2D eigenvalue weighted by Crippen LogP contribution is 2.34. The maximum Gasteiger partial charge on any atom is 0.387 e. The maximum absolute atomic E-state index is 12.4. The first-order valence-electron chi connectivity index (χ1n) is 9.33. The highest BCUT2D eigenvalue weighted by atomic mass is 32.1. The van der Waals surface area contributed by atoms with Crippen molar-refractivity contribution in [2.75, 3.05) is 0 Å². The molecule has 4 rings (SSSR count). The molecule has 0 fully saturated rings. The van der Waals surface area contributed by atoms with Crippen molar-refractivity contribution in [2.24, 2.45) is 0 Å². The van der Waals surface area contributed by atoms with Gasteiger partial charge in [0.25, 0.3) is 5.56 Å². The number of H-pyrrole nitrogens is 1. The van der Waals surface area contributed by atoms with E-state index >= 15 is 0 Å². The van der Waals surface area contributed by atoms with E-state index in [1.807, 2.05) is 0 Å². The van der Waals surface area contributed by atoms with Crippen LogP contribution in [-0.4, -0.2) is 22.5 Å². The van der Waals surface area contributed by atoms with Crippen LogP contribution in [0.15, 0.2) is 29.1 Å². The van der Waals surface area contributed by atoms with E-state index in [-0.39, 0.29) is 30.2 Å². The molecule has 2 N–H and O–H groups in total. The van der Waals surface area contributed by atoms with E-state index in [9.17, 15) is 18.4 Å². The van der Waals surface area contributed by atoms with Crippen LogP contribution in [0.4, 0.5) is 8.78 Å². The normalized spacial score (nSPS) is 13.1. The van der Waals surface area contributed by atoms with Crippen molar-refractivity contribution in [3.05, 3.63) is 56.4 Å². The Morgan fingerprint density at radius 3 is 2.83 bits per heavy atom. The third kappa shape index (κ3) is 4.45. The van der Waals surface area contributed by atoms with Gasteiger partial charge in [0, 0.05) is 24.3 Å². The van der Waals surface area contributed by atoms with Gasteiger partial charge >= 0.3 is 6.61 Å². The molecular weight excluding hydrogens is 400 g/mol. The third-order valence-corrected chi connectivity index (χ3v) is 6.04. The second kappa shape index (κ2) is 8.28. The number of benzene rings is 1. The average Bonchev–Trinajstić information content (AvgIpc) is 3.26. The zero-order valence-corrected chi connectivity index (χ0v) is 16.3. The molecule has 6 nitrogen and oxygen atoms in total. The molecule has 0 atom stereocenters. The van der Waals surface area contributed by atoms with E-state index in [1.165, 1.54) is 17.0 Å². The SMILES string of the molecule is O=C(CCc1nc2sc3c(c2c(=O)[nH]1)CCC3)NCc1ccc(OC(F)F)cc1. The van der Waals surface area contributed by atoms with Gasteiger partial charge in [0.2, 0.25) is 5.91 Å². The topological polar surface area (TPSA) is 84.1 Å². The number of hydrogen-bond acceptors (Lipinski definition) is 5. The molecule has 1 aliphatic carbocycles. The summed E-state index contributed by atoms with van der Waals surface area (Å²) in [5, 5.41) is 3.47. The fourth-order valence-electron chi connectivity index (χ4n) is 3.47. The van der Waals surface area contributed by atoms with Crippen LogP contribution >= 0.6 is 11.3 Å². The summed E-state index contributed by atoms with van der Waals surface area (Å²) in [5.74, 6) is 0.389. The minimum Gasteiger partial charge on any atom is -0.435 e. The molecule has 2 heterocycles. The van der Waals surface area contributed by atoms with Crippen LogP contribution in [0.2, 0.25) is 0 Å². The highest BCUT2D eigenvalue weighted by molar-refractivity contribution is 7.18. The molecule has 0 unspecified atom stereocenters. The van der Waals surface area contributed by atoms with Crippen molar-refractivity contribution in [3.63, 3.8) is 0 Å². The lowest BCUT2D eigenvalue weighted by Crippen LogP contribution is -2.23. The molecule has 0 aliphatic heterocycles. The predicted octanol–water partition coefficient (Wildman–Crippen LogP) is 3.32. The van der Waals surface area contributed by atoms with Gasteiger partial charge in [-0.15, -0.1) is 11.3 Å². The number of aromatic nitrogens is 2. The Balaban J connectivity index is 1.32. The number of ether oxygens (including phenoxy) is 1. The molecule has 1 amide bonds. The minimum atomic E-state index is -2.87. The molecule has 152 valence electrons. The van der Waals surface area contributed by atoms with Gasteiger partial charge in [-0.3, -0.25) is 9.59 Å². The zero-order chi connectivity index (χ0) is 20.4. The van der Waals surface area contributed by atoms with Crippen molar-refractivity contribution in [1.82, 2.24) is 15.3 Å². The molecular formula is C20H19F2N3O3S. The number of thiophene rings is 1. The van der Waals surface area contributed by atoms with E-state index in [0.717, 1.165) is 35.2 Å². The number of nitrogens with zero attached hydrogens (tertiary/aromatic N) is 1. The Hall–Kier alpha value is -2.81. The summed E-state index contributed by atoms with van der Waals surface area (Å²) in [7, 11) is 0. The summed E-state index contributed by atoms with van der Waals surface area (Å²) in [4.78, 5) is 33.9. The van der Waals surface area contributed by atoms with Gasteiger partial charge in [0.05, 0.1) is 5.39 Å².